The highest BCUT2D eigenvalue weighted by molar-refractivity contribution is 7.99. The van der Waals surface area contributed by atoms with Gasteiger partial charge in [0.25, 0.3) is 0 Å². The number of amides is 1. The molecule has 0 fully saturated rings. The number of hydrogen-bond donors (Lipinski definition) is 1. The van der Waals surface area contributed by atoms with Crippen molar-refractivity contribution in [1.82, 2.24) is 4.90 Å². The Kier molecular flexibility index (Phi) is 8.76. The van der Waals surface area contributed by atoms with Crippen LogP contribution in [0, 0.1) is 0 Å². The molecule has 0 bridgehead atoms. The molecule has 3 nitrogen and oxygen atoms in total. The Bertz CT molecular complexity index is 199. The van der Waals surface area contributed by atoms with Crippen LogP contribution in [0.15, 0.2) is 0 Å². The molecule has 16 heavy (non-hydrogen) atoms. The Balaban J connectivity index is 4.00. The molecular formula is C12H26N2OS. The van der Waals surface area contributed by atoms with Crippen molar-refractivity contribution >= 4 is 17.7 Å². The first kappa shape index (κ1) is 15.8. The average molecular weight is 246 g/mol. The number of likely N-dealkylation sites (N-methyl/N-ethyl adjacent to an activating group) is 1. The van der Waals surface area contributed by atoms with Crippen LogP contribution in [0.5, 0.6) is 0 Å². The van der Waals surface area contributed by atoms with E-state index in [1.54, 1.807) is 4.90 Å². The second-order valence-corrected chi connectivity index (χ2v) is 5.57. The fourth-order valence-corrected chi connectivity index (χ4v) is 2.30. The van der Waals surface area contributed by atoms with E-state index in [-0.39, 0.29) is 18.0 Å². The van der Waals surface area contributed by atoms with E-state index in [1.807, 2.05) is 18.8 Å². The molecule has 0 aromatic heterocycles. The summed E-state index contributed by atoms with van der Waals surface area (Å²) in [7, 11) is 1.86. The molecule has 0 saturated carbocycles. The van der Waals surface area contributed by atoms with Gasteiger partial charge in [0.05, 0.1) is 6.04 Å². The smallest absolute Gasteiger partial charge is 0.239 e. The average Bonchev–Trinajstić information content (AvgIpc) is 2.27. The number of nitrogens with zero attached hydrogens (tertiary/aromatic N) is 1. The van der Waals surface area contributed by atoms with Crippen LogP contribution >= 0.6 is 11.8 Å². The van der Waals surface area contributed by atoms with E-state index in [9.17, 15) is 4.79 Å². The van der Waals surface area contributed by atoms with Gasteiger partial charge < -0.3 is 10.6 Å². The third kappa shape index (κ3) is 5.75. The van der Waals surface area contributed by atoms with Crippen LogP contribution in [0.1, 0.15) is 40.0 Å². The van der Waals surface area contributed by atoms with Gasteiger partial charge in [0.2, 0.25) is 5.91 Å². The van der Waals surface area contributed by atoms with Gasteiger partial charge in [0.1, 0.15) is 0 Å². The second kappa shape index (κ2) is 8.88. The molecular weight excluding hydrogens is 220 g/mol. The molecule has 2 N–H and O–H groups in total. The predicted molar refractivity (Wildman–Crippen MR) is 72.7 cm³/mol. The van der Waals surface area contributed by atoms with Gasteiger partial charge in [0.15, 0.2) is 0 Å². The SMILES string of the molecule is CCCC(N)C(=O)N(C)C(C)CCSCC. The summed E-state index contributed by atoms with van der Waals surface area (Å²) >= 11 is 1.91. The van der Waals surface area contributed by atoms with Crippen molar-refractivity contribution < 1.29 is 4.79 Å². The summed E-state index contributed by atoms with van der Waals surface area (Å²) in [5, 5.41) is 0. The maximum atomic E-state index is 11.9. The first-order valence-electron chi connectivity index (χ1n) is 6.14. The van der Waals surface area contributed by atoms with Crippen molar-refractivity contribution in [3.8, 4) is 0 Å². The number of rotatable bonds is 8. The Labute approximate surface area is 104 Å². The van der Waals surface area contributed by atoms with Gasteiger partial charge in [-0.05, 0) is 31.3 Å². The predicted octanol–water partition coefficient (Wildman–Crippen LogP) is 2.10. The summed E-state index contributed by atoms with van der Waals surface area (Å²) in [6.45, 7) is 6.29. The standard InChI is InChI=1S/C12H26N2OS/c1-5-7-11(13)12(15)14(4)10(3)8-9-16-6-2/h10-11H,5-9,13H2,1-4H3. The second-order valence-electron chi connectivity index (χ2n) is 4.18. The molecule has 0 aliphatic carbocycles. The molecule has 2 unspecified atom stereocenters. The van der Waals surface area contributed by atoms with Gasteiger partial charge in [-0.2, -0.15) is 11.8 Å². The van der Waals surface area contributed by atoms with Crippen molar-refractivity contribution in [3.05, 3.63) is 0 Å². The zero-order valence-electron chi connectivity index (χ0n) is 11.0. The zero-order chi connectivity index (χ0) is 12.6. The van der Waals surface area contributed by atoms with Crippen LogP contribution < -0.4 is 5.73 Å². The normalized spacial score (nSPS) is 14.6. The first-order chi connectivity index (χ1) is 7.54. The highest BCUT2D eigenvalue weighted by Crippen LogP contribution is 2.10. The van der Waals surface area contributed by atoms with Crippen LogP contribution in [0.2, 0.25) is 0 Å². The lowest BCUT2D eigenvalue weighted by atomic mass is 10.1. The van der Waals surface area contributed by atoms with Gasteiger partial charge in [-0.1, -0.05) is 20.3 Å². The lowest BCUT2D eigenvalue weighted by molar-refractivity contribution is -0.133. The summed E-state index contributed by atoms with van der Waals surface area (Å²) in [5.41, 5.74) is 5.82. The van der Waals surface area contributed by atoms with Crippen LogP contribution in [0.4, 0.5) is 0 Å². The fraction of sp³-hybridized carbons (Fsp3) is 0.917. The number of hydrogen-bond acceptors (Lipinski definition) is 3. The highest BCUT2D eigenvalue weighted by Gasteiger charge is 2.20. The number of thioether (sulfide) groups is 1. The maximum absolute atomic E-state index is 11.9. The Morgan fingerprint density at radius 2 is 2.00 bits per heavy atom. The molecule has 0 spiro atoms. The molecule has 0 rings (SSSR count). The molecule has 4 heteroatoms. The van der Waals surface area contributed by atoms with Crippen molar-refractivity contribution in [2.45, 2.75) is 52.1 Å². The van der Waals surface area contributed by atoms with E-state index >= 15 is 0 Å². The van der Waals surface area contributed by atoms with Gasteiger partial charge in [-0.15, -0.1) is 0 Å². The minimum Gasteiger partial charge on any atom is -0.342 e. The van der Waals surface area contributed by atoms with Gasteiger partial charge in [0, 0.05) is 13.1 Å². The summed E-state index contributed by atoms with van der Waals surface area (Å²) in [5.74, 6) is 2.33. The third-order valence-electron chi connectivity index (χ3n) is 2.81. The van der Waals surface area contributed by atoms with Crippen molar-refractivity contribution in [2.75, 3.05) is 18.6 Å². The van der Waals surface area contributed by atoms with E-state index in [0.29, 0.717) is 0 Å². The Morgan fingerprint density at radius 1 is 1.38 bits per heavy atom. The number of carbonyl (C=O) groups is 1. The molecule has 0 aromatic carbocycles. The highest BCUT2D eigenvalue weighted by atomic mass is 32.2. The summed E-state index contributed by atoms with van der Waals surface area (Å²) in [6.07, 6.45) is 2.78. The van der Waals surface area contributed by atoms with Gasteiger partial charge in [-0.25, -0.2) is 0 Å². The molecule has 0 saturated heterocycles. The van der Waals surface area contributed by atoms with Crippen molar-refractivity contribution in [3.63, 3.8) is 0 Å². The van der Waals surface area contributed by atoms with Crippen LogP contribution in [0.25, 0.3) is 0 Å². The van der Waals surface area contributed by atoms with Crippen molar-refractivity contribution in [1.29, 1.82) is 0 Å². The van der Waals surface area contributed by atoms with Gasteiger partial charge >= 0.3 is 0 Å². The van der Waals surface area contributed by atoms with Crippen molar-refractivity contribution in [2.24, 2.45) is 5.73 Å². The Hall–Kier alpha value is -0.220. The minimum absolute atomic E-state index is 0.0795. The lowest BCUT2D eigenvalue weighted by Gasteiger charge is -2.27. The fourth-order valence-electron chi connectivity index (χ4n) is 1.51. The molecule has 0 aromatic rings. The monoisotopic (exact) mass is 246 g/mol. The number of nitrogens with two attached hydrogens (primary N) is 1. The Morgan fingerprint density at radius 3 is 2.50 bits per heavy atom. The number of carbonyl (C=O) groups excluding carboxylic acids is 1. The molecule has 1 amide bonds. The lowest BCUT2D eigenvalue weighted by Crippen LogP contribution is -2.45. The van der Waals surface area contributed by atoms with E-state index in [0.717, 1.165) is 30.8 Å². The quantitative estimate of drug-likeness (QED) is 0.667. The zero-order valence-corrected chi connectivity index (χ0v) is 11.8. The van der Waals surface area contributed by atoms with Crippen LogP contribution in [-0.2, 0) is 4.79 Å². The van der Waals surface area contributed by atoms with Crippen LogP contribution in [0.3, 0.4) is 0 Å². The molecule has 0 radical (unpaired) electrons. The summed E-state index contributed by atoms with van der Waals surface area (Å²) in [6, 6.07) is -0.0364. The van der Waals surface area contributed by atoms with Gasteiger partial charge in [-0.3, -0.25) is 4.79 Å². The topological polar surface area (TPSA) is 46.3 Å². The molecule has 0 heterocycles. The van der Waals surface area contributed by atoms with E-state index in [2.05, 4.69) is 20.8 Å². The minimum atomic E-state index is -0.323. The molecule has 96 valence electrons. The largest absolute Gasteiger partial charge is 0.342 e. The summed E-state index contributed by atoms with van der Waals surface area (Å²) < 4.78 is 0. The first-order valence-corrected chi connectivity index (χ1v) is 7.30. The molecule has 0 aliphatic rings. The molecule has 0 aliphatic heterocycles. The van der Waals surface area contributed by atoms with E-state index < -0.39 is 0 Å². The third-order valence-corrected chi connectivity index (χ3v) is 3.74. The summed E-state index contributed by atoms with van der Waals surface area (Å²) in [4.78, 5) is 13.7. The molecule has 2 atom stereocenters. The van der Waals surface area contributed by atoms with E-state index in [1.165, 1.54) is 0 Å². The maximum Gasteiger partial charge on any atom is 0.239 e. The van der Waals surface area contributed by atoms with Crippen LogP contribution in [-0.4, -0.2) is 41.4 Å². The van der Waals surface area contributed by atoms with E-state index in [4.69, 9.17) is 5.73 Å².